The molecular weight excluding hydrogens is 569 g/mol. The molecule has 0 fully saturated rings. The first kappa shape index (κ1) is 31.5. The number of aryl methyl sites for hydroxylation is 1. The normalized spacial score (nSPS) is 12.8. The molecule has 2 amide bonds. The van der Waals surface area contributed by atoms with E-state index in [1.165, 1.54) is 23.1 Å². The van der Waals surface area contributed by atoms with E-state index in [4.69, 9.17) is 23.2 Å². The Kier molecular flexibility index (Phi) is 11.0. The zero-order valence-electron chi connectivity index (χ0n) is 23.1. The van der Waals surface area contributed by atoms with E-state index >= 15 is 0 Å². The number of anilines is 1. The molecule has 1 N–H and O–H groups in total. The molecule has 0 aliphatic heterocycles. The smallest absolute Gasteiger partial charge is 0.244 e. The van der Waals surface area contributed by atoms with Crippen molar-refractivity contribution >= 4 is 50.7 Å². The summed E-state index contributed by atoms with van der Waals surface area (Å²) < 4.78 is 26.8. The molecular formula is C30H35Cl2N3O4S. The van der Waals surface area contributed by atoms with Gasteiger partial charge in [0.05, 0.1) is 11.9 Å². The van der Waals surface area contributed by atoms with Gasteiger partial charge in [-0.25, -0.2) is 8.42 Å². The predicted octanol–water partition coefficient (Wildman–Crippen LogP) is 5.62. The first-order valence-corrected chi connectivity index (χ1v) is 15.6. The van der Waals surface area contributed by atoms with E-state index in [2.05, 4.69) is 5.32 Å². The van der Waals surface area contributed by atoms with Gasteiger partial charge in [0.1, 0.15) is 12.6 Å². The van der Waals surface area contributed by atoms with Gasteiger partial charge >= 0.3 is 0 Å². The first-order valence-electron chi connectivity index (χ1n) is 13.0. The molecule has 0 radical (unpaired) electrons. The van der Waals surface area contributed by atoms with Gasteiger partial charge in [-0.05, 0) is 55.2 Å². The third-order valence-electron chi connectivity index (χ3n) is 6.69. The molecule has 3 aromatic carbocycles. The fourth-order valence-corrected chi connectivity index (χ4v) is 5.61. The number of halogens is 2. The molecule has 10 heteroatoms. The van der Waals surface area contributed by atoms with Crippen molar-refractivity contribution in [3.63, 3.8) is 0 Å². The molecule has 0 saturated heterocycles. The van der Waals surface area contributed by atoms with Gasteiger partial charge in [0, 0.05) is 29.1 Å². The number of nitrogens with one attached hydrogen (secondary N) is 1. The molecule has 0 aromatic heterocycles. The zero-order chi connectivity index (χ0) is 29.4. The lowest BCUT2D eigenvalue weighted by molar-refractivity contribution is -0.140. The van der Waals surface area contributed by atoms with Crippen molar-refractivity contribution < 1.29 is 18.0 Å². The Labute approximate surface area is 247 Å². The van der Waals surface area contributed by atoms with Gasteiger partial charge in [-0.3, -0.25) is 13.9 Å². The van der Waals surface area contributed by atoms with Gasteiger partial charge in [0.15, 0.2) is 0 Å². The molecule has 0 bridgehead atoms. The molecule has 7 nitrogen and oxygen atoms in total. The summed E-state index contributed by atoms with van der Waals surface area (Å²) in [5, 5.41) is 3.48. The summed E-state index contributed by atoms with van der Waals surface area (Å²) in [6, 6.07) is 20.4. The van der Waals surface area contributed by atoms with Crippen molar-refractivity contribution in [1.29, 1.82) is 0 Å². The Morgan fingerprint density at radius 2 is 1.55 bits per heavy atom. The van der Waals surface area contributed by atoms with Crippen LogP contribution in [0.1, 0.15) is 37.0 Å². The highest BCUT2D eigenvalue weighted by molar-refractivity contribution is 7.92. The lowest BCUT2D eigenvalue weighted by atomic mass is 10.0. The number of nitrogens with zero attached hydrogens (tertiary/aromatic N) is 2. The zero-order valence-corrected chi connectivity index (χ0v) is 25.4. The van der Waals surface area contributed by atoms with Crippen LogP contribution in [0.4, 0.5) is 5.69 Å². The Hall–Kier alpha value is -3.07. The van der Waals surface area contributed by atoms with Crippen molar-refractivity contribution in [2.45, 2.75) is 52.2 Å². The van der Waals surface area contributed by atoms with E-state index in [1.807, 2.05) is 75.4 Å². The number of benzene rings is 3. The molecule has 0 saturated carbocycles. The van der Waals surface area contributed by atoms with Crippen molar-refractivity contribution in [2.24, 2.45) is 0 Å². The maximum atomic E-state index is 14.1. The fraction of sp³-hybridized carbons (Fsp3) is 0.333. The Balaban J connectivity index is 2.09. The van der Waals surface area contributed by atoms with Crippen LogP contribution in [-0.2, 0) is 32.6 Å². The summed E-state index contributed by atoms with van der Waals surface area (Å²) in [6.45, 7) is 5.38. The van der Waals surface area contributed by atoms with Gasteiger partial charge in [0.2, 0.25) is 21.8 Å². The Bertz CT molecular complexity index is 1410. The maximum Gasteiger partial charge on any atom is 0.244 e. The van der Waals surface area contributed by atoms with E-state index in [0.717, 1.165) is 27.3 Å². The van der Waals surface area contributed by atoms with E-state index in [1.54, 1.807) is 0 Å². The van der Waals surface area contributed by atoms with Crippen molar-refractivity contribution in [2.75, 3.05) is 17.1 Å². The van der Waals surface area contributed by atoms with Crippen LogP contribution in [0, 0.1) is 6.92 Å². The second-order valence-corrected chi connectivity index (χ2v) is 12.6. The standard InChI is InChI=1S/C30H35Cl2N3O4S/c1-5-22(3)33-30(37)28(15-23-12-7-6-8-13-23)34(19-24-14-10-9-11-21(24)2)29(36)20-35(40(4,38)39)27-17-25(31)16-26(32)18-27/h6-14,16-18,22,28H,5,15,19-20H2,1-4H3,(H,33,37)/t22-,28-/m0/s1. The second-order valence-electron chi connectivity index (χ2n) is 9.87. The number of carbonyl (C=O) groups is 2. The molecule has 0 unspecified atom stereocenters. The number of amides is 2. The van der Waals surface area contributed by atoms with Crippen molar-refractivity contribution in [1.82, 2.24) is 10.2 Å². The highest BCUT2D eigenvalue weighted by Crippen LogP contribution is 2.28. The van der Waals surface area contributed by atoms with Crippen LogP contribution in [-0.4, -0.2) is 50.0 Å². The summed E-state index contributed by atoms with van der Waals surface area (Å²) in [7, 11) is -3.92. The molecule has 2 atom stereocenters. The summed E-state index contributed by atoms with van der Waals surface area (Å²) in [5.74, 6) is -0.846. The van der Waals surface area contributed by atoms with Crippen LogP contribution in [0.25, 0.3) is 0 Å². The quantitative estimate of drug-likeness (QED) is 0.291. The van der Waals surface area contributed by atoms with E-state index in [9.17, 15) is 18.0 Å². The minimum atomic E-state index is -3.92. The largest absolute Gasteiger partial charge is 0.352 e. The summed E-state index contributed by atoms with van der Waals surface area (Å²) in [5.41, 5.74) is 2.83. The lowest BCUT2D eigenvalue weighted by Gasteiger charge is -2.34. The minimum absolute atomic E-state index is 0.109. The van der Waals surface area contributed by atoms with Gasteiger partial charge in [-0.2, -0.15) is 0 Å². The van der Waals surface area contributed by atoms with E-state index < -0.39 is 28.5 Å². The van der Waals surface area contributed by atoms with Crippen molar-refractivity contribution in [3.8, 4) is 0 Å². The molecule has 0 heterocycles. The van der Waals surface area contributed by atoms with Crippen LogP contribution in [0.15, 0.2) is 72.8 Å². The topological polar surface area (TPSA) is 86.8 Å². The second kappa shape index (κ2) is 14.0. The average Bonchev–Trinajstić information content (AvgIpc) is 2.89. The van der Waals surface area contributed by atoms with Crippen LogP contribution < -0.4 is 9.62 Å². The van der Waals surface area contributed by atoms with Crippen LogP contribution >= 0.6 is 23.2 Å². The van der Waals surface area contributed by atoms with E-state index in [-0.39, 0.29) is 40.6 Å². The monoisotopic (exact) mass is 603 g/mol. The minimum Gasteiger partial charge on any atom is -0.352 e. The number of carbonyl (C=O) groups excluding carboxylic acids is 2. The highest BCUT2D eigenvalue weighted by Gasteiger charge is 2.33. The van der Waals surface area contributed by atoms with Gasteiger partial charge < -0.3 is 10.2 Å². The van der Waals surface area contributed by atoms with Crippen LogP contribution in [0.5, 0.6) is 0 Å². The summed E-state index contributed by atoms with van der Waals surface area (Å²) in [4.78, 5) is 29.3. The molecule has 40 heavy (non-hydrogen) atoms. The first-order chi connectivity index (χ1) is 18.9. The number of rotatable bonds is 12. The van der Waals surface area contributed by atoms with Crippen molar-refractivity contribution in [3.05, 3.63) is 99.5 Å². The molecule has 3 aromatic rings. The van der Waals surface area contributed by atoms with Gasteiger partial charge in [-0.1, -0.05) is 84.7 Å². The van der Waals surface area contributed by atoms with Gasteiger partial charge in [0.25, 0.3) is 0 Å². The number of hydrogen-bond acceptors (Lipinski definition) is 4. The lowest BCUT2D eigenvalue weighted by Crippen LogP contribution is -2.54. The number of sulfonamides is 1. The molecule has 0 spiro atoms. The summed E-state index contributed by atoms with van der Waals surface area (Å²) >= 11 is 12.3. The molecule has 3 rings (SSSR count). The third-order valence-corrected chi connectivity index (χ3v) is 8.27. The molecule has 0 aliphatic carbocycles. The maximum absolute atomic E-state index is 14.1. The van der Waals surface area contributed by atoms with Gasteiger partial charge in [-0.15, -0.1) is 0 Å². The average molecular weight is 605 g/mol. The van der Waals surface area contributed by atoms with Crippen LogP contribution in [0.2, 0.25) is 10.0 Å². The molecule has 0 aliphatic rings. The third kappa shape index (κ3) is 8.71. The van der Waals surface area contributed by atoms with Crippen LogP contribution in [0.3, 0.4) is 0 Å². The summed E-state index contributed by atoms with van der Waals surface area (Å²) in [6.07, 6.45) is 1.98. The SMILES string of the molecule is CC[C@H](C)NC(=O)[C@H](Cc1ccccc1)N(Cc1ccccc1C)C(=O)CN(c1cc(Cl)cc(Cl)c1)S(C)(=O)=O. The highest BCUT2D eigenvalue weighted by atomic mass is 35.5. The Morgan fingerprint density at radius 3 is 2.12 bits per heavy atom. The molecule has 214 valence electrons. The predicted molar refractivity (Wildman–Crippen MR) is 162 cm³/mol. The fourth-order valence-electron chi connectivity index (χ4n) is 4.26. The van der Waals surface area contributed by atoms with E-state index in [0.29, 0.717) is 6.42 Å². The number of hydrogen-bond donors (Lipinski definition) is 1. The Morgan fingerprint density at radius 1 is 0.950 bits per heavy atom.